The second kappa shape index (κ2) is 5.29. The van der Waals surface area contributed by atoms with E-state index in [2.05, 4.69) is 15.3 Å². The van der Waals surface area contributed by atoms with Gasteiger partial charge in [0.25, 0.3) is 0 Å². The van der Waals surface area contributed by atoms with Crippen LogP contribution in [0.5, 0.6) is 0 Å². The molecule has 18 heavy (non-hydrogen) atoms. The van der Waals surface area contributed by atoms with Crippen molar-refractivity contribution in [1.29, 1.82) is 0 Å². The van der Waals surface area contributed by atoms with E-state index in [0.717, 1.165) is 11.3 Å². The number of hydrogen-bond donors (Lipinski definition) is 2. The summed E-state index contributed by atoms with van der Waals surface area (Å²) in [5.41, 5.74) is 7.87. The van der Waals surface area contributed by atoms with Crippen LogP contribution in [0.4, 0.5) is 11.5 Å². The zero-order valence-corrected chi connectivity index (χ0v) is 11.2. The number of thiocarbonyl (C=S) groups is 1. The van der Waals surface area contributed by atoms with Crippen LogP contribution in [0.2, 0.25) is 5.02 Å². The molecule has 0 spiro atoms. The average molecular weight is 279 g/mol. The highest BCUT2D eigenvalue weighted by Crippen LogP contribution is 2.23. The summed E-state index contributed by atoms with van der Waals surface area (Å²) < 4.78 is 0. The Morgan fingerprint density at radius 2 is 2.06 bits per heavy atom. The number of rotatable bonds is 3. The third-order valence-corrected chi connectivity index (χ3v) is 2.97. The summed E-state index contributed by atoms with van der Waals surface area (Å²) in [4.78, 5) is 8.45. The Labute approximate surface area is 115 Å². The van der Waals surface area contributed by atoms with Crippen molar-refractivity contribution < 1.29 is 0 Å². The molecule has 1 aromatic heterocycles. The maximum absolute atomic E-state index is 6.06. The van der Waals surface area contributed by atoms with Crippen molar-refractivity contribution in [3.05, 3.63) is 46.9 Å². The van der Waals surface area contributed by atoms with Gasteiger partial charge < -0.3 is 11.1 Å². The number of aryl methyl sites for hydroxylation is 1. The second-order valence-electron chi connectivity index (χ2n) is 3.71. The van der Waals surface area contributed by atoms with Gasteiger partial charge in [-0.15, -0.1) is 0 Å². The first kappa shape index (κ1) is 12.7. The summed E-state index contributed by atoms with van der Waals surface area (Å²) in [5, 5.41) is 3.78. The van der Waals surface area contributed by atoms with E-state index in [0.29, 0.717) is 16.5 Å². The topological polar surface area (TPSA) is 63.8 Å². The van der Waals surface area contributed by atoms with Crippen molar-refractivity contribution in [3.8, 4) is 0 Å². The van der Waals surface area contributed by atoms with Gasteiger partial charge in [-0.3, -0.25) is 0 Å². The Kier molecular flexibility index (Phi) is 3.74. The molecule has 0 bridgehead atoms. The molecule has 6 heteroatoms. The van der Waals surface area contributed by atoms with Gasteiger partial charge in [0.1, 0.15) is 10.7 Å². The van der Waals surface area contributed by atoms with Gasteiger partial charge in [-0.05, 0) is 24.6 Å². The molecule has 0 atom stereocenters. The van der Waals surface area contributed by atoms with Gasteiger partial charge in [0.05, 0.1) is 0 Å². The summed E-state index contributed by atoms with van der Waals surface area (Å²) in [6, 6.07) is 5.63. The van der Waals surface area contributed by atoms with Crippen molar-refractivity contribution in [1.82, 2.24) is 9.97 Å². The molecule has 1 heterocycles. The fourth-order valence-electron chi connectivity index (χ4n) is 1.42. The average Bonchev–Trinajstić information content (AvgIpc) is 2.34. The summed E-state index contributed by atoms with van der Waals surface area (Å²) in [6.07, 6.45) is 3.11. The molecule has 0 amide bonds. The first-order valence-electron chi connectivity index (χ1n) is 5.22. The number of hydrogen-bond acceptors (Lipinski definition) is 4. The second-order valence-corrected chi connectivity index (χ2v) is 4.55. The highest BCUT2D eigenvalue weighted by atomic mass is 35.5. The number of nitrogens with one attached hydrogen (secondary N) is 1. The molecular formula is C12H11ClN4S. The molecule has 0 aliphatic rings. The van der Waals surface area contributed by atoms with Gasteiger partial charge in [-0.25, -0.2) is 9.97 Å². The molecular weight excluding hydrogens is 268 g/mol. The van der Waals surface area contributed by atoms with Crippen LogP contribution in [0.15, 0.2) is 30.6 Å². The minimum atomic E-state index is 0.198. The summed E-state index contributed by atoms with van der Waals surface area (Å²) in [5.74, 6) is 0.518. The lowest BCUT2D eigenvalue weighted by atomic mass is 10.2. The van der Waals surface area contributed by atoms with Crippen molar-refractivity contribution in [2.75, 3.05) is 5.32 Å². The molecule has 0 saturated carbocycles. The zero-order chi connectivity index (χ0) is 13.1. The van der Waals surface area contributed by atoms with E-state index in [9.17, 15) is 0 Å². The van der Waals surface area contributed by atoms with Gasteiger partial charge in [0.2, 0.25) is 0 Å². The van der Waals surface area contributed by atoms with Crippen LogP contribution in [-0.4, -0.2) is 15.0 Å². The maximum atomic E-state index is 6.06. The fourth-order valence-corrected chi connectivity index (χ4v) is 1.75. The third-order valence-electron chi connectivity index (χ3n) is 2.37. The van der Waals surface area contributed by atoms with E-state index in [-0.39, 0.29) is 4.99 Å². The van der Waals surface area contributed by atoms with Crippen LogP contribution in [0.3, 0.4) is 0 Å². The maximum Gasteiger partial charge on any atom is 0.159 e. The van der Waals surface area contributed by atoms with Gasteiger partial charge in [-0.2, -0.15) is 0 Å². The van der Waals surface area contributed by atoms with Crippen LogP contribution in [-0.2, 0) is 0 Å². The van der Waals surface area contributed by atoms with E-state index in [1.165, 1.54) is 0 Å². The van der Waals surface area contributed by atoms with Crippen molar-refractivity contribution in [2.24, 2.45) is 5.73 Å². The lowest BCUT2D eigenvalue weighted by Gasteiger charge is -2.09. The quantitative estimate of drug-likeness (QED) is 0.845. The van der Waals surface area contributed by atoms with Crippen molar-refractivity contribution in [2.45, 2.75) is 6.92 Å². The van der Waals surface area contributed by atoms with Crippen LogP contribution >= 0.6 is 23.8 Å². The SMILES string of the molecule is Cc1ccc(Nc2nccnc2C(N)=S)cc1Cl. The summed E-state index contributed by atoms with van der Waals surface area (Å²) >= 11 is 11.0. The predicted molar refractivity (Wildman–Crippen MR) is 77.4 cm³/mol. The minimum absolute atomic E-state index is 0.198. The van der Waals surface area contributed by atoms with E-state index in [1.54, 1.807) is 12.4 Å². The lowest BCUT2D eigenvalue weighted by molar-refractivity contribution is 1.18. The molecule has 0 unspecified atom stereocenters. The molecule has 0 saturated heterocycles. The summed E-state index contributed by atoms with van der Waals surface area (Å²) in [7, 11) is 0. The van der Waals surface area contributed by atoms with E-state index in [4.69, 9.17) is 29.6 Å². The number of aromatic nitrogens is 2. The van der Waals surface area contributed by atoms with Crippen LogP contribution < -0.4 is 11.1 Å². The highest BCUT2D eigenvalue weighted by molar-refractivity contribution is 7.80. The third kappa shape index (κ3) is 2.75. The number of nitrogens with zero attached hydrogens (tertiary/aromatic N) is 2. The van der Waals surface area contributed by atoms with Crippen LogP contribution in [0, 0.1) is 6.92 Å². The zero-order valence-electron chi connectivity index (χ0n) is 9.64. The van der Waals surface area contributed by atoms with Crippen molar-refractivity contribution >= 4 is 40.3 Å². The number of benzene rings is 1. The molecule has 0 aliphatic carbocycles. The molecule has 0 fully saturated rings. The normalized spacial score (nSPS) is 10.1. The number of anilines is 2. The van der Waals surface area contributed by atoms with E-state index in [1.807, 2.05) is 25.1 Å². The Hall–Kier alpha value is -1.72. The predicted octanol–water partition coefficient (Wildman–Crippen LogP) is 2.82. The monoisotopic (exact) mass is 278 g/mol. The Morgan fingerprint density at radius 3 is 2.72 bits per heavy atom. The van der Waals surface area contributed by atoms with E-state index < -0.39 is 0 Å². The van der Waals surface area contributed by atoms with Crippen LogP contribution in [0.1, 0.15) is 11.3 Å². The van der Waals surface area contributed by atoms with Gasteiger partial charge in [0, 0.05) is 23.1 Å². The molecule has 0 aliphatic heterocycles. The molecule has 3 N–H and O–H groups in total. The highest BCUT2D eigenvalue weighted by Gasteiger charge is 2.08. The first-order valence-corrected chi connectivity index (χ1v) is 6.00. The Morgan fingerprint density at radius 1 is 1.33 bits per heavy atom. The standard InChI is InChI=1S/C12H11ClN4S/c1-7-2-3-8(6-9(7)13)17-12-10(11(14)18)15-4-5-16-12/h2-6H,1H3,(H2,14,18)(H,16,17). The van der Waals surface area contributed by atoms with Crippen molar-refractivity contribution in [3.63, 3.8) is 0 Å². The molecule has 2 rings (SSSR count). The van der Waals surface area contributed by atoms with Gasteiger partial charge in [-0.1, -0.05) is 29.9 Å². The first-order chi connectivity index (χ1) is 8.58. The molecule has 92 valence electrons. The fraction of sp³-hybridized carbons (Fsp3) is 0.0833. The van der Waals surface area contributed by atoms with E-state index >= 15 is 0 Å². The Balaban J connectivity index is 2.34. The van der Waals surface area contributed by atoms with Gasteiger partial charge >= 0.3 is 0 Å². The Bertz CT molecular complexity index is 600. The molecule has 2 aromatic rings. The largest absolute Gasteiger partial charge is 0.388 e. The molecule has 0 radical (unpaired) electrons. The minimum Gasteiger partial charge on any atom is -0.388 e. The molecule has 4 nitrogen and oxygen atoms in total. The van der Waals surface area contributed by atoms with Gasteiger partial charge in [0.15, 0.2) is 5.82 Å². The lowest BCUT2D eigenvalue weighted by Crippen LogP contribution is -2.14. The number of nitrogens with two attached hydrogens (primary N) is 1. The smallest absolute Gasteiger partial charge is 0.159 e. The van der Waals surface area contributed by atoms with Crippen LogP contribution in [0.25, 0.3) is 0 Å². The number of halogens is 1. The molecule has 1 aromatic carbocycles. The summed E-state index contributed by atoms with van der Waals surface area (Å²) in [6.45, 7) is 1.94.